The van der Waals surface area contributed by atoms with E-state index in [4.69, 9.17) is 9.47 Å². The Labute approximate surface area is 161 Å². The van der Waals surface area contributed by atoms with Crippen molar-refractivity contribution in [2.75, 3.05) is 14.2 Å². The molecular formula is C23H28O4. The Morgan fingerprint density at radius 1 is 0.778 bits per heavy atom. The van der Waals surface area contributed by atoms with Gasteiger partial charge >= 0.3 is 11.9 Å². The van der Waals surface area contributed by atoms with E-state index in [-0.39, 0.29) is 11.1 Å². The third-order valence-electron chi connectivity index (χ3n) is 4.88. The van der Waals surface area contributed by atoms with E-state index in [1.165, 1.54) is 19.8 Å². The molecule has 0 bridgehead atoms. The number of esters is 2. The van der Waals surface area contributed by atoms with Gasteiger partial charge in [0.15, 0.2) is 0 Å². The highest BCUT2D eigenvalue weighted by Crippen LogP contribution is 2.41. The van der Waals surface area contributed by atoms with Crippen LogP contribution in [0, 0.1) is 0 Å². The molecule has 2 rings (SSSR count). The summed E-state index contributed by atoms with van der Waals surface area (Å²) in [7, 11) is 2.65. The normalized spacial score (nSPS) is 17.5. The number of allylic oxidation sites excluding steroid dienone is 10. The van der Waals surface area contributed by atoms with Gasteiger partial charge in [0.05, 0.1) is 25.4 Å². The molecule has 0 aromatic carbocycles. The number of fused-ring (bicyclic) bond motifs is 1. The van der Waals surface area contributed by atoms with Gasteiger partial charge in [-0.2, -0.15) is 0 Å². The topological polar surface area (TPSA) is 52.6 Å². The quantitative estimate of drug-likeness (QED) is 0.662. The van der Waals surface area contributed by atoms with Crippen LogP contribution >= 0.6 is 0 Å². The van der Waals surface area contributed by atoms with Crippen molar-refractivity contribution in [1.82, 2.24) is 0 Å². The third-order valence-corrected chi connectivity index (χ3v) is 4.88. The fraction of sp³-hybridized carbons (Fsp3) is 0.391. The van der Waals surface area contributed by atoms with Crippen molar-refractivity contribution >= 4 is 11.9 Å². The summed E-state index contributed by atoms with van der Waals surface area (Å²) in [5.74, 6) is -1.08. The first-order valence-electron chi connectivity index (χ1n) is 9.18. The van der Waals surface area contributed by atoms with Crippen LogP contribution in [-0.2, 0) is 19.1 Å². The van der Waals surface area contributed by atoms with Crippen molar-refractivity contribution in [3.05, 3.63) is 68.4 Å². The van der Waals surface area contributed by atoms with Gasteiger partial charge in [0.2, 0.25) is 0 Å². The molecule has 0 radical (unpaired) electrons. The standard InChI is InChI=1S/C23H28O4/c1-8-9-17-11-15(4)18-13(2)10-14(3)20(22(24)26-6)21(23(25)27-7)19(18)16(5)12-17/h10-12H,8-9H2,1-7H3. The van der Waals surface area contributed by atoms with Crippen molar-refractivity contribution in [3.8, 4) is 0 Å². The van der Waals surface area contributed by atoms with Gasteiger partial charge in [-0.25, -0.2) is 9.59 Å². The summed E-state index contributed by atoms with van der Waals surface area (Å²) >= 11 is 0. The van der Waals surface area contributed by atoms with Crippen molar-refractivity contribution in [1.29, 1.82) is 0 Å². The van der Waals surface area contributed by atoms with E-state index in [2.05, 4.69) is 19.1 Å². The summed E-state index contributed by atoms with van der Waals surface area (Å²) in [5, 5.41) is 0. The number of ether oxygens (including phenoxy) is 2. The van der Waals surface area contributed by atoms with E-state index >= 15 is 0 Å². The summed E-state index contributed by atoms with van der Waals surface area (Å²) in [6, 6.07) is 0. The van der Waals surface area contributed by atoms with Crippen LogP contribution in [0.3, 0.4) is 0 Å². The van der Waals surface area contributed by atoms with Gasteiger partial charge in [0.25, 0.3) is 0 Å². The SMILES string of the molecule is CCCC1=CC(C)=C2C(C)=CC(C)=C(C(=O)OC)C(C(=O)OC)=C2C(C)=C1. The maximum atomic E-state index is 12.8. The highest BCUT2D eigenvalue weighted by molar-refractivity contribution is 6.10. The zero-order valence-corrected chi connectivity index (χ0v) is 17.3. The van der Waals surface area contributed by atoms with Gasteiger partial charge in [-0.3, -0.25) is 0 Å². The molecular weight excluding hydrogens is 340 g/mol. The molecule has 144 valence electrons. The second-order valence-electron chi connectivity index (χ2n) is 6.97. The molecule has 2 aliphatic rings. The highest BCUT2D eigenvalue weighted by Gasteiger charge is 2.33. The molecule has 0 aliphatic heterocycles. The Morgan fingerprint density at radius 2 is 1.33 bits per heavy atom. The van der Waals surface area contributed by atoms with Crippen molar-refractivity contribution in [2.24, 2.45) is 0 Å². The lowest BCUT2D eigenvalue weighted by molar-refractivity contribution is -0.139. The second-order valence-corrected chi connectivity index (χ2v) is 6.97. The molecule has 0 N–H and O–H groups in total. The van der Waals surface area contributed by atoms with Gasteiger partial charge < -0.3 is 9.47 Å². The van der Waals surface area contributed by atoms with Crippen LogP contribution in [0.1, 0.15) is 47.5 Å². The molecule has 0 fully saturated rings. The molecule has 2 aliphatic carbocycles. The van der Waals surface area contributed by atoms with Crippen LogP contribution in [-0.4, -0.2) is 26.2 Å². The summed E-state index contributed by atoms with van der Waals surface area (Å²) in [6.07, 6.45) is 8.18. The smallest absolute Gasteiger partial charge is 0.339 e. The first-order valence-corrected chi connectivity index (χ1v) is 9.18. The number of hydrogen-bond donors (Lipinski definition) is 0. The summed E-state index contributed by atoms with van der Waals surface area (Å²) in [4.78, 5) is 25.4. The second kappa shape index (κ2) is 8.38. The van der Waals surface area contributed by atoms with E-state index in [0.717, 1.165) is 40.7 Å². The molecule has 0 spiro atoms. The van der Waals surface area contributed by atoms with Crippen LogP contribution in [0.5, 0.6) is 0 Å². The van der Waals surface area contributed by atoms with Crippen LogP contribution in [0.4, 0.5) is 0 Å². The Hall–Kier alpha value is -2.62. The van der Waals surface area contributed by atoms with Gasteiger partial charge in [-0.05, 0) is 67.6 Å². The lowest BCUT2D eigenvalue weighted by Gasteiger charge is -2.18. The van der Waals surface area contributed by atoms with Crippen LogP contribution in [0.15, 0.2) is 68.4 Å². The molecule has 4 heteroatoms. The van der Waals surface area contributed by atoms with Gasteiger partial charge in [0.1, 0.15) is 0 Å². The average molecular weight is 368 g/mol. The Balaban J connectivity index is 2.99. The molecule has 0 heterocycles. The molecule has 0 amide bonds. The lowest BCUT2D eigenvalue weighted by atomic mass is 9.86. The molecule has 0 atom stereocenters. The minimum Gasteiger partial charge on any atom is -0.465 e. The Bertz CT molecular complexity index is 870. The third kappa shape index (κ3) is 3.90. The van der Waals surface area contributed by atoms with E-state index in [0.29, 0.717) is 5.57 Å². The number of carbonyl (C=O) groups is 2. The predicted molar refractivity (Wildman–Crippen MR) is 107 cm³/mol. The van der Waals surface area contributed by atoms with Gasteiger partial charge in [-0.1, -0.05) is 31.6 Å². The molecule has 0 saturated carbocycles. The van der Waals surface area contributed by atoms with Crippen LogP contribution in [0.2, 0.25) is 0 Å². The van der Waals surface area contributed by atoms with Crippen molar-refractivity contribution < 1.29 is 19.1 Å². The fourth-order valence-electron chi connectivity index (χ4n) is 3.86. The maximum Gasteiger partial charge on any atom is 0.339 e. The molecule has 4 nitrogen and oxygen atoms in total. The van der Waals surface area contributed by atoms with Crippen LogP contribution < -0.4 is 0 Å². The van der Waals surface area contributed by atoms with Gasteiger partial charge in [0, 0.05) is 5.57 Å². The van der Waals surface area contributed by atoms with Crippen molar-refractivity contribution in [3.63, 3.8) is 0 Å². The van der Waals surface area contributed by atoms with E-state index in [1.54, 1.807) is 0 Å². The molecule has 0 aromatic rings. The predicted octanol–water partition coefficient (Wildman–Crippen LogP) is 4.91. The van der Waals surface area contributed by atoms with E-state index in [1.807, 2.05) is 33.8 Å². The number of methoxy groups -OCH3 is 2. The van der Waals surface area contributed by atoms with Gasteiger partial charge in [-0.15, -0.1) is 0 Å². The summed E-state index contributed by atoms with van der Waals surface area (Å²) in [5.41, 5.74) is 7.13. The number of hydrogen-bond acceptors (Lipinski definition) is 4. The van der Waals surface area contributed by atoms with E-state index in [9.17, 15) is 9.59 Å². The first-order chi connectivity index (χ1) is 12.8. The van der Waals surface area contributed by atoms with E-state index < -0.39 is 11.9 Å². The monoisotopic (exact) mass is 368 g/mol. The zero-order chi connectivity index (χ0) is 20.3. The van der Waals surface area contributed by atoms with Crippen molar-refractivity contribution in [2.45, 2.75) is 47.5 Å². The largest absolute Gasteiger partial charge is 0.465 e. The molecule has 27 heavy (non-hydrogen) atoms. The number of rotatable bonds is 4. The minimum atomic E-state index is -0.540. The average Bonchev–Trinajstić information content (AvgIpc) is 2.81. The fourth-order valence-corrected chi connectivity index (χ4v) is 3.86. The maximum absolute atomic E-state index is 12.8. The van der Waals surface area contributed by atoms with Crippen LogP contribution in [0.25, 0.3) is 0 Å². The summed E-state index contributed by atoms with van der Waals surface area (Å²) < 4.78 is 10.1. The molecule has 0 aromatic heterocycles. The molecule has 0 saturated heterocycles. The summed E-state index contributed by atoms with van der Waals surface area (Å²) in [6.45, 7) is 9.98. The Morgan fingerprint density at radius 3 is 1.89 bits per heavy atom. The lowest BCUT2D eigenvalue weighted by Crippen LogP contribution is -2.18. The highest BCUT2D eigenvalue weighted by atomic mass is 16.5. The number of carbonyl (C=O) groups excluding carboxylic acids is 2. The Kier molecular flexibility index (Phi) is 6.42. The molecule has 0 unspecified atom stereocenters. The minimum absolute atomic E-state index is 0.258. The zero-order valence-electron chi connectivity index (χ0n) is 17.3. The first kappa shape index (κ1) is 20.7.